The number of methoxy groups -OCH3 is 2. The molecule has 0 fully saturated rings. The van der Waals surface area contributed by atoms with Crippen molar-refractivity contribution in [1.82, 2.24) is 20.4 Å². The van der Waals surface area contributed by atoms with Crippen LogP contribution in [0.4, 0.5) is 0 Å². The van der Waals surface area contributed by atoms with Crippen LogP contribution in [0, 0.1) is 11.8 Å². The Kier molecular flexibility index (Phi) is 9.75. The summed E-state index contributed by atoms with van der Waals surface area (Å²) in [5.74, 6) is 1.37. The van der Waals surface area contributed by atoms with Gasteiger partial charge in [-0.05, 0) is 30.0 Å². The van der Waals surface area contributed by atoms with Crippen LogP contribution in [0.3, 0.4) is 0 Å². The molecule has 1 heterocycles. The third kappa shape index (κ3) is 6.49. The van der Waals surface area contributed by atoms with Crippen molar-refractivity contribution in [2.75, 3.05) is 21.3 Å². The summed E-state index contributed by atoms with van der Waals surface area (Å²) in [6.07, 6.45) is 2.21. The van der Waals surface area contributed by atoms with Crippen molar-refractivity contribution in [3.63, 3.8) is 0 Å². The normalized spacial score (nSPS) is 12.0. The predicted molar refractivity (Wildman–Crippen MR) is 130 cm³/mol. The van der Waals surface area contributed by atoms with Gasteiger partial charge in [-0.1, -0.05) is 46.6 Å². The lowest BCUT2D eigenvalue weighted by molar-refractivity contribution is -0.121. The molecule has 0 radical (unpaired) electrons. The van der Waals surface area contributed by atoms with Gasteiger partial charge in [0.1, 0.15) is 11.5 Å². The largest absolute Gasteiger partial charge is 0.496 e. The number of rotatable bonds is 12. The first kappa shape index (κ1) is 26.2. The van der Waals surface area contributed by atoms with Crippen LogP contribution < -0.4 is 20.1 Å². The Morgan fingerprint density at radius 3 is 2.18 bits per heavy atom. The van der Waals surface area contributed by atoms with Gasteiger partial charge in [0.2, 0.25) is 5.91 Å². The average molecular weight is 459 g/mol. The van der Waals surface area contributed by atoms with Crippen molar-refractivity contribution in [3.05, 3.63) is 30.0 Å². The lowest BCUT2D eigenvalue weighted by Crippen LogP contribution is -2.42. The third-order valence-corrected chi connectivity index (χ3v) is 6.09. The monoisotopic (exact) mass is 458 g/mol. The molecule has 1 aromatic carbocycles. The number of aromatic nitrogens is 2. The molecular weight excluding hydrogens is 420 g/mol. The quantitative estimate of drug-likeness (QED) is 0.503. The summed E-state index contributed by atoms with van der Waals surface area (Å²) in [5.41, 5.74) is 1.81. The first-order valence-corrected chi connectivity index (χ1v) is 11.6. The van der Waals surface area contributed by atoms with E-state index >= 15 is 0 Å². The summed E-state index contributed by atoms with van der Waals surface area (Å²) in [5, 5.41) is 10.3. The van der Waals surface area contributed by atoms with Crippen molar-refractivity contribution in [1.29, 1.82) is 0 Å². The van der Waals surface area contributed by atoms with Crippen molar-refractivity contribution in [2.24, 2.45) is 11.8 Å². The molecule has 0 spiro atoms. The van der Waals surface area contributed by atoms with Crippen LogP contribution >= 0.6 is 0 Å². The highest BCUT2D eigenvalue weighted by atomic mass is 16.5. The van der Waals surface area contributed by atoms with Gasteiger partial charge in [0.05, 0.1) is 25.5 Å². The number of amides is 2. The van der Waals surface area contributed by atoms with Gasteiger partial charge in [0.15, 0.2) is 5.69 Å². The topological polar surface area (TPSA) is 94.5 Å². The standard InChI is InChI=1S/C25H38N4O4/c1-8-17(9-2)15-29-20(24-21(32-6)11-10-12-22(24)33-7)13-19(28-29)25(31)27-18(16(3)4)14-23(30)26-5/h10-13,16-18H,8-9,14-15H2,1-7H3,(H,26,30)(H,27,31). The summed E-state index contributed by atoms with van der Waals surface area (Å²) in [4.78, 5) is 25.1. The Balaban J connectivity index is 2.51. The molecular formula is C25H38N4O4. The Hall–Kier alpha value is -3.03. The van der Waals surface area contributed by atoms with Crippen LogP contribution in [-0.4, -0.2) is 48.9 Å². The highest BCUT2D eigenvalue weighted by molar-refractivity contribution is 5.94. The van der Waals surface area contributed by atoms with E-state index in [9.17, 15) is 9.59 Å². The maximum Gasteiger partial charge on any atom is 0.272 e. The van der Waals surface area contributed by atoms with Crippen molar-refractivity contribution in [3.8, 4) is 22.8 Å². The molecule has 2 rings (SSSR count). The second kappa shape index (κ2) is 12.3. The van der Waals surface area contributed by atoms with Gasteiger partial charge in [0.25, 0.3) is 5.91 Å². The van der Waals surface area contributed by atoms with Crippen LogP contribution in [0.5, 0.6) is 11.5 Å². The van der Waals surface area contributed by atoms with Gasteiger partial charge in [-0.2, -0.15) is 5.10 Å². The van der Waals surface area contributed by atoms with Crippen molar-refractivity contribution in [2.45, 2.75) is 59.5 Å². The molecule has 0 saturated heterocycles. The molecule has 0 aliphatic rings. The Bertz CT molecular complexity index is 912. The average Bonchev–Trinajstić information content (AvgIpc) is 3.24. The van der Waals surface area contributed by atoms with Crippen molar-refractivity contribution < 1.29 is 19.1 Å². The van der Waals surface area contributed by atoms with E-state index in [4.69, 9.17) is 9.47 Å². The zero-order valence-electron chi connectivity index (χ0n) is 20.9. The molecule has 1 aromatic heterocycles. The molecule has 8 heteroatoms. The fourth-order valence-corrected chi connectivity index (χ4v) is 3.76. The van der Waals surface area contributed by atoms with Gasteiger partial charge in [0, 0.05) is 26.1 Å². The summed E-state index contributed by atoms with van der Waals surface area (Å²) < 4.78 is 13.1. The van der Waals surface area contributed by atoms with E-state index in [0.717, 1.165) is 24.1 Å². The molecule has 8 nitrogen and oxygen atoms in total. The molecule has 0 aliphatic carbocycles. The van der Waals surface area contributed by atoms with Crippen LogP contribution in [0.15, 0.2) is 24.3 Å². The van der Waals surface area contributed by atoms with E-state index in [2.05, 4.69) is 29.6 Å². The molecule has 0 bridgehead atoms. The number of nitrogens with zero attached hydrogens (tertiary/aromatic N) is 2. The lowest BCUT2D eigenvalue weighted by Gasteiger charge is -2.21. The fourth-order valence-electron chi connectivity index (χ4n) is 3.76. The van der Waals surface area contributed by atoms with Gasteiger partial charge in [-0.15, -0.1) is 0 Å². The van der Waals surface area contributed by atoms with Crippen LogP contribution in [0.25, 0.3) is 11.3 Å². The van der Waals surface area contributed by atoms with Gasteiger partial charge in [-0.3, -0.25) is 14.3 Å². The molecule has 182 valence electrons. The molecule has 0 saturated carbocycles. The Labute approximate surface area is 197 Å². The number of nitrogens with one attached hydrogen (secondary N) is 2. The number of ether oxygens (including phenoxy) is 2. The summed E-state index contributed by atoms with van der Waals surface area (Å²) in [6.45, 7) is 8.93. The number of hydrogen-bond acceptors (Lipinski definition) is 5. The zero-order chi connectivity index (χ0) is 24.5. The first-order valence-electron chi connectivity index (χ1n) is 11.6. The SMILES string of the molecule is CCC(CC)Cn1nc(C(=O)NC(CC(=O)NC)C(C)C)cc1-c1c(OC)cccc1OC. The fraction of sp³-hybridized carbons (Fsp3) is 0.560. The Morgan fingerprint density at radius 2 is 1.70 bits per heavy atom. The van der Waals surface area contributed by atoms with E-state index < -0.39 is 0 Å². The molecule has 2 N–H and O–H groups in total. The van der Waals surface area contributed by atoms with Gasteiger partial charge < -0.3 is 20.1 Å². The molecule has 1 unspecified atom stereocenters. The van der Waals surface area contributed by atoms with E-state index in [1.807, 2.05) is 36.7 Å². The minimum absolute atomic E-state index is 0.0895. The van der Waals surface area contributed by atoms with Gasteiger partial charge >= 0.3 is 0 Å². The summed E-state index contributed by atoms with van der Waals surface area (Å²) in [6, 6.07) is 7.07. The predicted octanol–water partition coefficient (Wildman–Crippen LogP) is 3.89. The van der Waals surface area contributed by atoms with Crippen LogP contribution in [-0.2, 0) is 11.3 Å². The van der Waals surface area contributed by atoms with E-state index in [1.54, 1.807) is 27.3 Å². The molecule has 1 atom stereocenters. The number of carbonyl (C=O) groups excluding carboxylic acids is 2. The smallest absolute Gasteiger partial charge is 0.272 e. The lowest BCUT2D eigenvalue weighted by atomic mass is 10.0. The third-order valence-electron chi connectivity index (χ3n) is 6.09. The van der Waals surface area contributed by atoms with E-state index in [-0.39, 0.29) is 30.2 Å². The highest BCUT2D eigenvalue weighted by Crippen LogP contribution is 2.39. The molecule has 33 heavy (non-hydrogen) atoms. The number of carbonyl (C=O) groups is 2. The maximum absolute atomic E-state index is 13.2. The molecule has 0 aliphatic heterocycles. The Morgan fingerprint density at radius 1 is 1.09 bits per heavy atom. The summed E-state index contributed by atoms with van der Waals surface area (Å²) in [7, 11) is 4.81. The second-order valence-electron chi connectivity index (χ2n) is 8.52. The van der Waals surface area contributed by atoms with Crippen molar-refractivity contribution >= 4 is 11.8 Å². The van der Waals surface area contributed by atoms with E-state index in [0.29, 0.717) is 29.7 Å². The van der Waals surface area contributed by atoms with E-state index in [1.165, 1.54) is 0 Å². The minimum Gasteiger partial charge on any atom is -0.496 e. The minimum atomic E-state index is -0.309. The zero-order valence-corrected chi connectivity index (χ0v) is 20.9. The highest BCUT2D eigenvalue weighted by Gasteiger charge is 2.25. The first-order chi connectivity index (χ1) is 15.8. The molecule has 2 aromatic rings. The summed E-state index contributed by atoms with van der Waals surface area (Å²) >= 11 is 0. The van der Waals surface area contributed by atoms with Gasteiger partial charge in [-0.25, -0.2) is 0 Å². The number of hydrogen-bond donors (Lipinski definition) is 2. The maximum atomic E-state index is 13.2. The van der Waals surface area contributed by atoms with Crippen LogP contribution in [0.1, 0.15) is 57.4 Å². The molecule has 2 amide bonds. The number of benzene rings is 1. The van der Waals surface area contributed by atoms with Crippen LogP contribution in [0.2, 0.25) is 0 Å². The second-order valence-corrected chi connectivity index (χ2v) is 8.52.